The van der Waals surface area contributed by atoms with Crippen LogP contribution in [0.3, 0.4) is 0 Å². The molecule has 3 heteroatoms. The summed E-state index contributed by atoms with van der Waals surface area (Å²) in [5.74, 6) is -0.445. The number of anilines is 1. The summed E-state index contributed by atoms with van der Waals surface area (Å²) in [7, 11) is 0. The van der Waals surface area contributed by atoms with E-state index in [-0.39, 0.29) is 17.6 Å². The molecule has 1 atom stereocenters. The Morgan fingerprint density at radius 1 is 1.53 bits per heavy atom. The molecule has 82 valence electrons. The van der Waals surface area contributed by atoms with Gasteiger partial charge in [0, 0.05) is 11.6 Å². The van der Waals surface area contributed by atoms with Crippen LogP contribution in [0.15, 0.2) is 18.2 Å². The van der Waals surface area contributed by atoms with E-state index in [9.17, 15) is 9.18 Å². The first kappa shape index (κ1) is 11.7. The molecule has 15 heavy (non-hydrogen) atoms. The van der Waals surface area contributed by atoms with E-state index in [4.69, 9.17) is 0 Å². The molecule has 0 spiro atoms. The predicted molar refractivity (Wildman–Crippen MR) is 59.2 cm³/mol. The summed E-state index contributed by atoms with van der Waals surface area (Å²) in [4.78, 5) is 11.6. The maximum atomic E-state index is 12.9. The van der Waals surface area contributed by atoms with E-state index in [2.05, 4.69) is 5.32 Å². The molecule has 0 fully saturated rings. The Hall–Kier alpha value is -1.38. The minimum absolute atomic E-state index is 0.0485. The highest BCUT2D eigenvalue weighted by atomic mass is 19.1. The van der Waals surface area contributed by atoms with Gasteiger partial charge in [-0.25, -0.2) is 4.39 Å². The number of carbonyl (C=O) groups is 1. The second-order valence-electron chi connectivity index (χ2n) is 3.76. The van der Waals surface area contributed by atoms with E-state index in [1.165, 1.54) is 12.1 Å². The summed E-state index contributed by atoms with van der Waals surface area (Å²) in [5, 5.41) is 2.72. The van der Waals surface area contributed by atoms with Gasteiger partial charge >= 0.3 is 0 Å². The molecule has 0 bridgehead atoms. The molecular formula is C12H16FNO. The minimum Gasteiger partial charge on any atom is -0.326 e. The Bertz CT molecular complexity index is 363. The number of nitrogens with one attached hydrogen (secondary N) is 1. The maximum absolute atomic E-state index is 12.9. The van der Waals surface area contributed by atoms with Crippen LogP contribution in [0.2, 0.25) is 0 Å². The molecule has 0 aliphatic heterocycles. The molecule has 1 unspecified atom stereocenters. The summed E-state index contributed by atoms with van der Waals surface area (Å²) >= 11 is 0. The quantitative estimate of drug-likeness (QED) is 0.814. The number of hydrogen-bond acceptors (Lipinski definition) is 1. The van der Waals surface area contributed by atoms with Crippen LogP contribution in [0.4, 0.5) is 10.1 Å². The Morgan fingerprint density at radius 3 is 2.80 bits per heavy atom. The largest absolute Gasteiger partial charge is 0.326 e. The Morgan fingerprint density at radius 2 is 2.20 bits per heavy atom. The van der Waals surface area contributed by atoms with Crippen LogP contribution in [0.5, 0.6) is 0 Å². The van der Waals surface area contributed by atoms with E-state index in [1.54, 1.807) is 6.07 Å². The van der Waals surface area contributed by atoms with Gasteiger partial charge in [0.25, 0.3) is 0 Å². The first-order chi connectivity index (χ1) is 7.04. The zero-order valence-electron chi connectivity index (χ0n) is 9.30. The van der Waals surface area contributed by atoms with Gasteiger partial charge in [-0.05, 0) is 31.0 Å². The second kappa shape index (κ2) is 4.91. The lowest BCUT2D eigenvalue weighted by molar-refractivity contribution is -0.119. The highest BCUT2D eigenvalue weighted by Crippen LogP contribution is 2.17. The highest BCUT2D eigenvalue weighted by molar-refractivity contribution is 5.92. The molecule has 0 saturated heterocycles. The molecule has 0 radical (unpaired) electrons. The third kappa shape index (κ3) is 3.05. The molecule has 1 N–H and O–H groups in total. The van der Waals surface area contributed by atoms with Crippen molar-refractivity contribution in [2.75, 3.05) is 5.32 Å². The van der Waals surface area contributed by atoms with Crippen molar-refractivity contribution in [2.45, 2.75) is 27.2 Å². The van der Waals surface area contributed by atoms with Crippen molar-refractivity contribution in [3.63, 3.8) is 0 Å². The van der Waals surface area contributed by atoms with Gasteiger partial charge in [0.15, 0.2) is 0 Å². The third-order valence-corrected chi connectivity index (χ3v) is 2.52. The van der Waals surface area contributed by atoms with E-state index < -0.39 is 0 Å². The lowest BCUT2D eigenvalue weighted by atomic mass is 10.1. The van der Waals surface area contributed by atoms with Crippen LogP contribution in [-0.4, -0.2) is 5.91 Å². The van der Waals surface area contributed by atoms with Gasteiger partial charge in [-0.3, -0.25) is 4.79 Å². The van der Waals surface area contributed by atoms with Crippen molar-refractivity contribution in [2.24, 2.45) is 5.92 Å². The SMILES string of the molecule is CCC(C)C(=O)Nc1cc(F)ccc1C. The van der Waals surface area contributed by atoms with Crippen molar-refractivity contribution in [3.05, 3.63) is 29.6 Å². The zero-order chi connectivity index (χ0) is 11.4. The van der Waals surface area contributed by atoms with E-state index in [1.807, 2.05) is 20.8 Å². The summed E-state index contributed by atoms with van der Waals surface area (Å²) in [5.41, 5.74) is 1.42. The summed E-state index contributed by atoms with van der Waals surface area (Å²) in [6, 6.07) is 4.38. The van der Waals surface area contributed by atoms with E-state index in [0.29, 0.717) is 5.69 Å². The smallest absolute Gasteiger partial charge is 0.227 e. The minimum atomic E-state index is -0.333. The number of hydrogen-bond donors (Lipinski definition) is 1. The summed E-state index contributed by atoms with van der Waals surface area (Å²) < 4.78 is 12.9. The van der Waals surface area contributed by atoms with Crippen LogP contribution < -0.4 is 5.32 Å². The maximum Gasteiger partial charge on any atom is 0.227 e. The standard InChI is InChI=1S/C12H16FNO/c1-4-8(2)12(15)14-11-7-10(13)6-5-9(11)3/h5-8H,4H2,1-3H3,(H,14,15). The van der Waals surface area contributed by atoms with Gasteiger partial charge in [-0.1, -0.05) is 19.9 Å². The first-order valence-electron chi connectivity index (χ1n) is 5.11. The fraction of sp³-hybridized carbons (Fsp3) is 0.417. The number of aryl methyl sites for hydroxylation is 1. The molecule has 0 aliphatic rings. The van der Waals surface area contributed by atoms with Crippen LogP contribution in [0.1, 0.15) is 25.8 Å². The van der Waals surface area contributed by atoms with E-state index >= 15 is 0 Å². The number of halogens is 1. The molecule has 0 aromatic heterocycles. The molecule has 1 aromatic carbocycles. The van der Waals surface area contributed by atoms with Gasteiger partial charge in [0.2, 0.25) is 5.91 Å². The summed E-state index contributed by atoms with van der Waals surface area (Å²) in [6.07, 6.45) is 0.778. The molecule has 1 amide bonds. The van der Waals surface area contributed by atoms with Gasteiger partial charge in [0.1, 0.15) is 5.82 Å². The topological polar surface area (TPSA) is 29.1 Å². The van der Waals surface area contributed by atoms with Gasteiger partial charge in [-0.15, -0.1) is 0 Å². The Labute approximate surface area is 89.5 Å². The number of amides is 1. The molecule has 1 rings (SSSR count). The fourth-order valence-corrected chi connectivity index (χ4v) is 1.17. The molecule has 0 heterocycles. The summed E-state index contributed by atoms with van der Waals surface area (Å²) in [6.45, 7) is 5.64. The molecular weight excluding hydrogens is 193 g/mol. The van der Waals surface area contributed by atoms with Crippen molar-refractivity contribution in [3.8, 4) is 0 Å². The van der Waals surface area contributed by atoms with Crippen LogP contribution in [0, 0.1) is 18.7 Å². The number of benzene rings is 1. The molecule has 0 saturated carbocycles. The molecule has 1 aromatic rings. The van der Waals surface area contributed by atoms with Crippen LogP contribution in [-0.2, 0) is 4.79 Å². The predicted octanol–water partition coefficient (Wildman–Crippen LogP) is 3.12. The first-order valence-corrected chi connectivity index (χ1v) is 5.11. The van der Waals surface area contributed by atoms with Crippen molar-refractivity contribution < 1.29 is 9.18 Å². The average Bonchev–Trinajstić information content (AvgIpc) is 2.22. The van der Waals surface area contributed by atoms with Gasteiger partial charge in [-0.2, -0.15) is 0 Å². The van der Waals surface area contributed by atoms with Crippen molar-refractivity contribution in [1.82, 2.24) is 0 Å². The highest BCUT2D eigenvalue weighted by Gasteiger charge is 2.11. The average molecular weight is 209 g/mol. The van der Waals surface area contributed by atoms with Crippen LogP contribution in [0.25, 0.3) is 0 Å². The number of carbonyl (C=O) groups excluding carboxylic acids is 1. The van der Waals surface area contributed by atoms with Crippen molar-refractivity contribution in [1.29, 1.82) is 0 Å². The Kier molecular flexibility index (Phi) is 3.83. The second-order valence-corrected chi connectivity index (χ2v) is 3.76. The molecule has 0 aliphatic carbocycles. The number of rotatable bonds is 3. The Balaban J connectivity index is 2.80. The lowest BCUT2D eigenvalue weighted by Gasteiger charge is -2.11. The van der Waals surface area contributed by atoms with Gasteiger partial charge < -0.3 is 5.32 Å². The van der Waals surface area contributed by atoms with Crippen molar-refractivity contribution >= 4 is 11.6 Å². The van der Waals surface area contributed by atoms with Gasteiger partial charge in [0.05, 0.1) is 0 Å². The molecule has 2 nitrogen and oxygen atoms in total. The zero-order valence-corrected chi connectivity index (χ0v) is 9.30. The fourth-order valence-electron chi connectivity index (χ4n) is 1.17. The third-order valence-electron chi connectivity index (χ3n) is 2.52. The van der Waals surface area contributed by atoms with E-state index in [0.717, 1.165) is 12.0 Å². The monoisotopic (exact) mass is 209 g/mol. The normalized spacial score (nSPS) is 12.3. The lowest BCUT2D eigenvalue weighted by Crippen LogP contribution is -2.20. The van der Waals surface area contributed by atoms with Crippen LogP contribution >= 0.6 is 0 Å².